The first-order valence-electron chi connectivity index (χ1n) is 8.91. The molecule has 1 aromatic carbocycles. The van der Waals surface area contributed by atoms with E-state index >= 15 is 0 Å². The van der Waals surface area contributed by atoms with Crippen LogP contribution < -0.4 is 5.73 Å². The molecule has 2 heterocycles. The third-order valence-corrected chi connectivity index (χ3v) is 6.64. The number of nitrogens with zero attached hydrogens (tertiary/aromatic N) is 1. The zero-order valence-corrected chi connectivity index (χ0v) is 14.7. The number of hydrogen-bond acceptors (Lipinski definition) is 3. The summed E-state index contributed by atoms with van der Waals surface area (Å²) in [5, 5.41) is 2.09. The van der Waals surface area contributed by atoms with E-state index in [9.17, 15) is 4.79 Å². The Morgan fingerprint density at radius 3 is 2.75 bits per heavy atom. The van der Waals surface area contributed by atoms with Crippen molar-refractivity contribution in [1.29, 1.82) is 0 Å². The number of amides is 1. The standard InChI is InChI=1S/C20H24N2OS/c21-10-15-11-22(12-17(15)14-6-2-1-3-7-14)20(23)18-13-24-19-9-5-4-8-16(18)19/h1-3,6-7,13,15,17H,4-5,8-12,21H2/t15-,17+/m1/s1. The van der Waals surface area contributed by atoms with Crippen LogP contribution in [-0.4, -0.2) is 30.4 Å². The number of carbonyl (C=O) groups is 1. The van der Waals surface area contributed by atoms with Crippen molar-refractivity contribution in [1.82, 2.24) is 4.90 Å². The minimum atomic E-state index is 0.214. The van der Waals surface area contributed by atoms with Crippen molar-refractivity contribution in [3.05, 3.63) is 57.3 Å². The minimum Gasteiger partial charge on any atom is -0.338 e. The van der Waals surface area contributed by atoms with Crippen LogP contribution in [0.25, 0.3) is 0 Å². The number of likely N-dealkylation sites (tertiary alicyclic amines) is 1. The van der Waals surface area contributed by atoms with Gasteiger partial charge in [-0.1, -0.05) is 30.3 Å². The first-order valence-corrected chi connectivity index (χ1v) is 9.79. The van der Waals surface area contributed by atoms with Gasteiger partial charge in [-0.15, -0.1) is 11.3 Å². The van der Waals surface area contributed by atoms with Crippen molar-refractivity contribution in [2.45, 2.75) is 31.6 Å². The summed E-state index contributed by atoms with van der Waals surface area (Å²) in [6.07, 6.45) is 4.68. The summed E-state index contributed by atoms with van der Waals surface area (Å²) >= 11 is 1.77. The maximum absolute atomic E-state index is 13.1. The maximum atomic E-state index is 13.1. The van der Waals surface area contributed by atoms with Gasteiger partial charge in [0.05, 0.1) is 5.56 Å². The van der Waals surface area contributed by atoms with Gasteiger partial charge in [0.1, 0.15) is 0 Å². The smallest absolute Gasteiger partial charge is 0.255 e. The van der Waals surface area contributed by atoms with E-state index in [0.717, 1.165) is 31.5 Å². The molecule has 24 heavy (non-hydrogen) atoms. The second-order valence-corrected chi connectivity index (χ2v) is 7.95. The van der Waals surface area contributed by atoms with Crippen molar-refractivity contribution < 1.29 is 4.79 Å². The maximum Gasteiger partial charge on any atom is 0.255 e. The Morgan fingerprint density at radius 2 is 1.96 bits per heavy atom. The van der Waals surface area contributed by atoms with Gasteiger partial charge in [0.2, 0.25) is 0 Å². The highest BCUT2D eigenvalue weighted by Crippen LogP contribution is 2.35. The van der Waals surface area contributed by atoms with Crippen LogP contribution in [-0.2, 0) is 12.8 Å². The van der Waals surface area contributed by atoms with Crippen LogP contribution in [0, 0.1) is 5.92 Å². The Bertz CT molecular complexity index is 724. The summed E-state index contributed by atoms with van der Waals surface area (Å²) in [5.74, 6) is 0.923. The molecule has 1 aliphatic heterocycles. The molecule has 1 saturated heterocycles. The summed E-state index contributed by atoms with van der Waals surface area (Å²) in [6.45, 7) is 2.19. The third kappa shape index (κ3) is 2.78. The quantitative estimate of drug-likeness (QED) is 0.930. The van der Waals surface area contributed by atoms with Gasteiger partial charge in [-0.05, 0) is 49.3 Å². The molecule has 2 aliphatic rings. The molecule has 0 bridgehead atoms. The second kappa shape index (κ2) is 6.69. The number of hydrogen-bond donors (Lipinski definition) is 1. The number of fused-ring (bicyclic) bond motifs is 1. The third-order valence-electron chi connectivity index (χ3n) is 5.55. The van der Waals surface area contributed by atoms with Crippen LogP contribution in [0.2, 0.25) is 0 Å². The largest absolute Gasteiger partial charge is 0.338 e. The molecule has 0 spiro atoms. The average Bonchev–Trinajstić information content (AvgIpc) is 3.26. The summed E-state index contributed by atoms with van der Waals surface area (Å²) < 4.78 is 0. The predicted octanol–water partition coefficient (Wildman–Crippen LogP) is 3.44. The Labute approximate surface area is 147 Å². The molecule has 3 nitrogen and oxygen atoms in total. The number of benzene rings is 1. The summed E-state index contributed by atoms with van der Waals surface area (Å²) in [7, 11) is 0. The van der Waals surface area contributed by atoms with Gasteiger partial charge in [0, 0.05) is 29.3 Å². The van der Waals surface area contributed by atoms with E-state index in [-0.39, 0.29) is 5.91 Å². The van der Waals surface area contributed by atoms with Gasteiger partial charge in [0.25, 0.3) is 5.91 Å². The molecule has 1 amide bonds. The fourth-order valence-corrected chi connectivity index (χ4v) is 5.32. The highest BCUT2D eigenvalue weighted by Gasteiger charge is 2.36. The zero-order chi connectivity index (χ0) is 16.5. The van der Waals surface area contributed by atoms with Crippen molar-refractivity contribution in [3.63, 3.8) is 0 Å². The molecule has 126 valence electrons. The monoisotopic (exact) mass is 340 g/mol. The SMILES string of the molecule is NC[C@@H]1CN(C(=O)c2csc3c2CCCC3)C[C@H]1c1ccccc1. The number of rotatable bonds is 3. The molecule has 4 rings (SSSR count). The van der Waals surface area contributed by atoms with Gasteiger partial charge in [-0.2, -0.15) is 0 Å². The van der Waals surface area contributed by atoms with Crippen molar-refractivity contribution in [3.8, 4) is 0 Å². The first-order chi connectivity index (χ1) is 11.8. The Hall–Kier alpha value is -1.65. The van der Waals surface area contributed by atoms with Crippen molar-refractivity contribution >= 4 is 17.2 Å². The van der Waals surface area contributed by atoms with E-state index in [4.69, 9.17) is 5.73 Å². The van der Waals surface area contributed by atoms with Crippen LogP contribution in [0.3, 0.4) is 0 Å². The molecule has 2 aromatic rings. The van der Waals surface area contributed by atoms with Crippen molar-refractivity contribution in [2.75, 3.05) is 19.6 Å². The second-order valence-electron chi connectivity index (χ2n) is 6.98. The minimum absolute atomic E-state index is 0.214. The van der Waals surface area contributed by atoms with Gasteiger partial charge in [-0.25, -0.2) is 0 Å². The fraction of sp³-hybridized carbons (Fsp3) is 0.450. The lowest BCUT2D eigenvalue weighted by molar-refractivity contribution is 0.0785. The predicted molar refractivity (Wildman–Crippen MR) is 98.6 cm³/mol. The molecule has 0 radical (unpaired) electrons. The van der Waals surface area contributed by atoms with Gasteiger partial charge >= 0.3 is 0 Å². The molecule has 2 atom stereocenters. The van der Waals surface area contributed by atoms with E-state index in [1.54, 1.807) is 11.3 Å². The first kappa shape index (κ1) is 15.9. The van der Waals surface area contributed by atoms with Crippen LogP contribution in [0.1, 0.15) is 45.1 Å². The lowest BCUT2D eigenvalue weighted by atomic mass is 9.89. The van der Waals surface area contributed by atoms with Gasteiger partial charge in [-0.3, -0.25) is 4.79 Å². The normalized spacial score (nSPS) is 23.3. The van der Waals surface area contributed by atoms with E-state index in [2.05, 4.69) is 29.6 Å². The summed E-state index contributed by atoms with van der Waals surface area (Å²) in [6, 6.07) is 10.5. The number of carbonyl (C=O) groups excluding carboxylic acids is 1. The molecular formula is C20H24N2OS. The molecule has 0 unspecified atom stereocenters. The van der Waals surface area contributed by atoms with E-state index in [1.807, 2.05) is 11.0 Å². The highest BCUT2D eigenvalue weighted by molar-refractivity contribution is 7.10. The Kier molecular flexibility index (Phi) is 4.42. The zero-order valence-electron chi connectivity index (χ0n) is 13.9. The molecule has 0 saturated carbocycles. The number of aryl methyl sites for hydroxylation is 1. The van der Waals surface area contributed by atoms with E-state index < -0.39 is 0 Å². The lowest BCUT2D eigenvalue weighted by Crippen LogP contribution is -2.30. The van der Waals surface area contributed by atoms with Crippen LogP contribution in [0.4, 0.5) is 0 Å². The number of thiophene rings is 1. The highest BCUT2D eigenvalue weighted by atomic mass is 32.1. The molecular weight excluding hydrogens is 316 g/mol. The van der Waals surface area contributed by atoms with Crippen LogP contribution in [0.15, 0.2) is 35.7 Å². The molecule has 1 aliphatic carbocycles. The summed E-state index contributed by atoms with van der Waals surface area (Å²) in [5.41, 5.74) is 9.60. The summed E-state index contributed by atoms with van der Waals surface area (Å²) in [4.78, 5) is 16.6. The fourth-order valence-electron chi connectivity index (χ4n) is 4.20. The van der Waals surface area contributed by atoms with E-state index in [1.165, 1.54) is 28.8 Å². The average molecular weight is 340 g/mol. The van der Waals surface area contributed by atoms with Crippen molar-refractivity contribution in [2.24, 2.45) is 11.7 Å². The molecule has 4 heteroatoms. The molecule has 1 fully saturated rings. The van der Waals surface area contributed by atoms with Gasteiger partial charge < -0.3 is 10.6 Å². The topological polar surface area (TPSA) is 46.3 Å². The molecule has 2 N–H and O–H groups in total. The van der Waals surface area contributed by atoms with Crippen LogP contribution >= 0.6 is 11.3 Å². The molecule has 1 aromatic heterocycles. The Balaban J connectivity index is 1.57. The van der Waals surface area contributed by atoms with Crippen LogP contribution in [0.5, 0.6) is 0 Å². The lowest BCUT2D eigenvalue weighted by Gasteiger charge is -2.18. The Morgan fingerprint density at radius 1 is 1.17 bits per heavy atom. The number of nitrogens with two attached hydrogens (primary N) is 1. The van der Waals surface area contributed by atoms with E-state index in [0.29, 0.717) is 18.4 Å². The van der Waals surface area contributed by atoms with Gasteiger partial charge in [0.15, 0.2) is 0 Å².